The molecule has 0 fully saturated rings. The standard InChI is InChI=1S/C7H11N3OS/c1-3-5(2)9-7(11)6-4-8-12-10-6/h4-5H,3H2,1-2H3,(H,9,11)/t5-/m0/s1. The third-order valence-corrected chi connectivity index (χ3v) is 2.06. The lowest BCUT2D eigenvalue weighted by Crippen LogP contribution is -2.32. The van der Waals surface area contributed by atoms with Gasteiger partial charge in [-0.05, 0) is 13.3 Å². The summed E-state index contributed by atoms with van der Waals surface area (Å²) in [6.45, 7) is 3.97. The van der Waals surface area contributed by atoms with E-state index in [0.29, 0.717) is 5.69 Å². The summed E-state index contributed by atoms with van der Waals surface area (Å²) in [6.07, 6.45) is 2.39. The minimum atomic E-state index is -0.141. The van der Waals surface area contributed by atoms with E-state index in [4.69, 9.17) is 0 Å². The van der Waals surface area contributed by atoms with Gasteiger partial charge in [-0.25, -0.2) is 0 Å². The molecule has 1 rings (SSSR count). The van der Waals surface area contributed by atoms with Crippen molar-refractivity contribution in [3.63, 3.8) is 0 Å². The van der Waals surface area contributed by atoms with Crippen molar-refractivity contribution in [2.45, 2.75) is 26.3 Å². The zero-order chi connectivity index (χ0) is 8.97. The SMILES string of the molecule is CC[C@H](C)NC(=O)c1cnsn1. The summed E-state index contributed by atoms with van der Waals surface area (Å²) in [5.41, 5.74) is 0.403. The first-order chi connectivity index (χ1) is 5.74. The van der Waals surface area contributed by atoms with Crippen LogP contribution >= 0.6 is 11.7 Å². The van der Waals surface area contributed by atoms with E-state index in [1.165, 1.54) is 6.20 Å². The van der Waals surface area contributed by atoms with Crippen LogP contribution < -0.4 is 5.32 Å². The maximum Gasteiger partial charge on any atom is 0.272 e. The molecule has 12 heavy (non-hydrogen) atoms. The maximum absolute atomic E-state index is 11.3. The van der Waals surface area contributed by atoms with Gasteiger partial charge in [0, 0.05) is 6.04 Å². The fourth-order valence-corrected chi connectivity index (χ4v) is 1.08. The molecular formula is C7H11N3OS. The van der Waals surface area contributed by atoms with Crippen LogP contribution in [0.5, 0.6) is 0 Å². The largest absolute Gasteiger partial charge is 0.348 e. The Morgan fingerprint density at radius 3 is 3.08 bits per heavy atom. The van der Waals surface area contributed by atoms with E-state index in [1.807, 2.05) is 13.8 Å². The van der Waals surface area contributed by atoms with Crippen LogP contribution in [-0.2, 0) is 0 Å². The molecule has 1 aromatic heterocycles. The monoisotopic (exact) mass is 185 g/mol. The molecule has 5 heteroatoms. The minimum Gasteiger partial charge on any atom is -0.348 e. The average molecular weight is 185 g/mol. The van der Waals surface area contributed by atoms with E-state index in [0.717, 1.165) is 18.1 Å². The van der Waals surface area contributed by atoms with E-state index in [1.54, 1.807) is 0 Å². The van der Waals surface area contributed by atoms with Crippen LogP contribution in [0.2, 0.25) is 0 Å². The van der Waals surface area contributed by atoms with Gasteiger partial charge in [-0.2, -0.15) is 8.75 Å². The molecule has 66 valence electrons. The Kier molecular flexibility index (Phi) is 3.16. The fraction of sp³-hybridized carbons (Fsp3) is 0.571. The molecule has 1 atom stereocenters. The molecule has 1 N–H and O–H groups in total. The number of hydrogen-bond acceptors (Lipinski definition) is 4. The van der Waals surface area contributed by atoms with E-state index in [9.17, 15) is 4.79 Å². The number of aromatic nitrogens is 2. The van der Waals surface area contributed by atoms with E-state index < -0.39 is 0 Å². The lowest BCUT2D eigenvalue weighted by molar-refractivity contribution is 0.0935. The number of nitrogens with zero attached hydrogens (tertiary/aromatic N) is 2. The van der Waals surface area contributed by atoms with Crippen LogP contribution in [0, 0.1) is 0 Å². The van der Waals surface area contributed by atoms with Crippen molar-refractivity contribution in [2.75, 3.05) is 0 Å². The summed E-state index contributed by atoms with van der Waals surface area (Å²) in [6, 6.07) is 0.194. The summed E-state index contributed by atoms with van der Waals surface area (Å²) in [5, 5.41) is 2.80. The van der Waals surface area contributed by atoms with Crippen molar-refractivity contribution >= 4 is 17.6 Å². The lowest BCUT2D eigenvalue weighted by Gasteiger charge is -2.08. The van der Waals surface area contributed by atoms with Gasteiger partial charge in [0.15, 0.2) is 5.69 Å². The van der Waals surface area contributed by atoms with Crippen molar-refractivity contribution in [1.29, 1.82) is 0 Å². The Labute approximate surface area is 75.3 Å². The van der Waals surface area contributed by atoms with Gasteiger partial charge in [0.1, 0.15) is 0 Å². The Bertz CT molecular complexity index is 247. The van der Waals surface area contributed by atoms with Crippen LogP contribution in [0.15, 0.2) is 6.20 Å². The van der Waals surface area contributed by atoms with E-state index >= 15 is 0 Å². The van der Waals surface area contributed by atoms with Crippen LogP contribution in [0.1, 0.15) is 30.8 Å². The zero-order valence-electron chi connectivity index (χ0n) is 7.07. The van der Waals surface area contributed by atoms with Gasteiger partial charge in [0.2, 0.25) is 0 Å². The van der Waals surface area contributed by atoms with Gasteiger partial charge >= 0.3 is 0 Å². The first kappa shape index (κ1) is 9.12. The summed E-state index contributed by atoms with van der Waals surface area (Å²) in [5.74, 6) is -0.141. The zero-order valence-corrected chi connectivity index (χ0v) is 7.89. The number of hydrogen-bond donors (Lipinski definition) is 1. The van der Waals surface area contributed by atoms with Crippen molar-refractivity contribution in [3.05, 3.63) is 11.9 Å². The van der Waals surface area contributed by atoms with Gasteiger partial charge in [0.25, 0.3) is 5.91 Å². The van der Waals surface area contributed by atoms with Crippen LogP contribution in [0.4, 0.5) is 0 Å². The van der Waals surface area contributed by atoms with Gasteiger partial charge in [0.05, 0.1) is 17.9 Å². The normalized spacial score (nSPS) is 12.5. The van der Waals surface area contributed by atoms with Crippen LogP contribution in [0.3, 0.4) is 0 Å². The predicted molar refractivity (Wildman–Crippen MR) is 47.1 cm³/mol. The van der Waals surface area contributed by atoms with E-state index in [-0.39, 0.29) is 11.9 Å². The molecule has 1 heterocycles. The number of amides is 1. The lowest BCUT2D eigenvalue weighted by atomic mass is 10.2. The summed E-state index contributed by atoms with van der Waals surface area (Å²) >= 11 is 1.04. The first-order valence-corrected chi connectivity index (χ1v) is 4.55. The second-order valence-electron chi connectivity index (χ2n) is 2.58. The Hall–Kier alpha value is -0.970. The number of rotatable bonds is 3. The molecule has 0 bridgehead atoms. The smallest absolute Gasteiger partial charge is 0.272 e. The predicted octanol–water partition coefficient (Wildman–Crippen LogP) is 1.07. The maximum atomic E-state index is 11.3. The molecular weight excluding hydrogens is 174 g/mol. The quantitative estimate of drug-likeness (QED) is 0.766. The summed E-state index contributed by atoms with van der Waals surface area (Å²) < 4.78 is 7.57. The molecule has 4 nitrogen and oxygen atoms in total. The third kappa shape index (κ3) is 2.27. The third-order valence-electron chi connectivity index (χ3n) is 1.58. The number of carbonyl (C=O) groups is 1. The topological polar surface area (TPSA) is 54.9 Å². The van der Waals surface area contributed by atoms with Crippen molar-refractivity contribution in [3.8, 4) is 0 Å². The van der Waals surface area contributed by atoms with Crippen LogP contribution in [-0.4, -0.2) is 20.7 Å². The molecule has 0 aliphatic heterocycles. The molecule has 0 aliphatic carbocycles. The molecule has 0 unspecified atom stereocenters. The van der Waals surface area contributed by atoms with Crippen LogP contribution in [0.25, 0.3) is 0 Å². The van der Waals surface area contributed by atoms with Gasteiger partial charge in [-0.3, -0.25) is 4.79 Å². The van der Waals surface area contributed by atoms with Gasteiger partial charge in [-0.15, -0.1) is 0 Å². The van der Waals surface area contributed by atoms with Crippen molar-refractivity contribution in [2.24, 2.45) is 0 Å². The van der Waals surface area contributed by atoms with Crippen molar-refractivity contribution in [1.82, 2.24) is 14.1 Å². The van der Waals surface area contributed by atoms with Crippen molar-refractivity contribution < 1.29 is 4.79 Å². The first-order valence-electron chi connectivity index (χ1n) is 3.82. The minimum absolute atomic E-state index is 0.141. The molecule has 1 aromatic rings. The van der Waals surface area contributed by atoms with Gasteiger partial charge < -0.3 is 5.32 Å². The molecule has 0 aliphatic rings. The Morgan fingerprint density at radius 1 is 1.83 bits per heavy atom. The summed E-state index contributed by atoms with van der Waals surface area (Å²) in [7, 11) is 0. The molecule has 0 spiro atoms. The highest BCUT2D eigenvalue weighted by Gasteiger charge is 2.09. The fourth-order valence-electron chi connectivity index (χ4n) is 0.664. The summed E-state index contributed by atoms with van der Waals surface area (Å²) in [4.78, 5) is 11.3. The second-order valence-corrected chi connectivity index (χ2v) is 3.13. The highest BCUT2D eigenvalue weighted by atomic mass is 32.1. The molecule has 0 aromatic carbocycles. The second kappa shape index (κ2) is 4.15. The van der Waals surface area contributed by atoms with Gasteiger partial charge in [-0.1, -0.05) is 6.92 Å². The Balaban J connectivity index is 2.50. The highest BCUT2D eigenvalue weighted by Crippen LogP contribution is 1.96. The molecule has 0 radical (unpaired) electrons. The molecule has 0 saturated carbocycles. The average Bonchev–Trinajstić information content (AvgIpc) is 2.56. The number of carbonyl (C=O) groups excluding carboxylic acids is 1. The Morgan fingerprint density at radius 2 is 2.58 bits per heavy atom. The number of nitrogens with one attached hydrogen (secondary N) is 1. The highest BCUT2D eigenvalue weighted by molar-refractivity contribution is 6.99. The van der Waals surface area contributed by atoms with E-state index in [2.05, 4.69) is 14.1 Å². The molecule has 0 saturated heterocycles. The molecule has 1 amide bonds.